The average molecular weight is 455 g/mol. The van der Waals surface area contributed by atoms with Crippen molar-refractivity contribution in [2.24, 2.45) is 0 Å². The van der Waals surface area contributed by atoms with Crippen LogP contribution in [0.15, 0.2) is 30.3 Å². The monoisotopic (exact) mass is 454 g/mol. The van der Waals surface area contributed by atoms with Crippen molar-refractivity contribution >= 4 is 11.7 Å². The number of hydrogen-bond acceptors (Lipinski definition) is 4. The minimum atomic E-state index is -0.244. The fourth-order valence-electron chi connectivity index (χ4n) is 4.93. The zero-order valence-corrected chi connectivity index (χ0v) is 19.9. The van der Waals surface area contributed by atoms with E-state index in [2.05, 4.69) is 14.4 Å². The maximum absolute atomic E-state index is 13.2. The van der Waals surface area contributed by atoms with Gasteiger partial charge in [0.25, 0.3) is 0 Å². The molecule has 0 atom stereocenters. The normalized spacial score (nSPS) is 18.0. The smallest absolute Gasteiger partial charge is 0.236 e. The lowest BCUT2D eigenvalue weighted by Crippen LogP contribution is -2.51. The topological polar surface area (TPSA) is 48.8 Å². The van der Waals surface area contributed by atoms with Crippen molar-refractivity contribution in [1.29, 1.82) is 0 Å². The molecule has 0 saturated carbocycles. The van der Waals surface area contributed by atoms with Crippen LogP contribution in [0, 0.1) is 19.7 Å². The van der Waals surface area contributed by atoms with Gasteiger partial charge in [-0.3, -0.25) is 19.4 Å². The number of aryl methyl sites for hydroxylation is 1. The van der Waals surface area contributed by atoms with Crippen molar-refractivity contribution in [3.8, 4) is 0 Å². The number of hydrogen-bond donors (Lipinski definition) is 0. The molecule has 1 amide bonds. The predicted molar refractivity (Wildman–Crippen MR) is 127 cm³/mol. The molecular weight excluding hydrogens is 419 g/mol. The first-order valence-corrected chi connectivity index (χ1v) is 12.1. The molecule has 7 heteroatoms. The number of carbonyl (C=O) groups excluding carboxylic acids is 2. The summed E-state index contributed by atoms with van der Waals surface area (Å²) >= 11 is 0. The minimum absolute atomic E-state index is 0.131. The standard InChI is InChI=1S/C26H35FN4O2/c1-20-16-24(21(2)31(20)17-22-6-8-23(27)9-7-22)25(32)18-28-12-14-29(15-13-28)19-26(33)30-10-4-3-5-11-30/h6-9,16H,3-5,10-15,17-19H2,1-2H3. The maximum Gasteiger partial charge on any atom is 0.236 e. The fraction of sp³-hybridized carbons (Fsp3) is 0.538. The lowest BCUT2D eigenvalue weighted by atomic mass is 10.1. The molecule has 4 rings (SSSR count). The van der Waals surface area contributed by atoms with Gasteiger partial charge in [0.1, 0.15) is 5.82 Å². The molecule has 0 spiro atoms. The Kier molecular flexibility index (Phi) is 7.60. The first kappa shape index (κ1) is 23.6. The van der Waals surface area contributed by atoms with Crippen LogP contribution in [0.25, 0.3) is 0 Å². The summed E-state index contributed by atoms with van der Waals surface area (Å²) in [6.07, 6.45) is 3.46. The minimum Gasteiger partial charge on any atom is -0.344 e. The molecule has 0 radical (unpaired) electrons. The molecule has 2 aromatic rings. The number of amides is 1. The Morgan fingerprint density at radius 1 is 0.848 bits per heavy atom. The van der Waals surface area contributed by atoms with Crippen LogP contribution in [0.5, 0.6) is 0 Å². The number of halogens is 1. The summed E-state index contributed by atoms with van der Waals surface area (Å²) in [5.74, 6) is 0.130. The van der Waals surface area contributed by atoms with Gasteiger partial charge >= 0.3 is 0 Å². The van der Waals surface area contributed by atoms with Crippen molar-refractivity contribution in [2.75, 3.05) is 52.4 Å². The fourth-order valence-corrected chi connectivity index (χ4v) is 4.93. The summed E-state index contributed by atoms with van der Waals surface area (Å²) in [6.45, 7) is 10.5. The molecule has 1 aromatic heterocycles. The van der Waals surface area contributed by atoms with Gasteiger partial charge in [-0.1, -0.05) is 12.1 Å². The summed E-state index contributed by atoms with van der Waals surface area (Å²) in [6, 6.07) is 8.47. The number of Topliss-reactive ketones (excluding diaryl/α,β-unsaturated/α-hetero) is 1. The number of carbonyl (C=O) groups is 2. The van der Waals surface area contributed by atoms with Crippen molar-refractivity contribution in [3.63, 3.8) is 0 Å². The van der Waals surface area contributed by atoms with Gasteiger partial charge in [-0.2, -0.15) is 0 Å². The highest BCUT2D eigenvalue weighted by Gasteiger charge is 2.25. The van der Waals surface area contributed by atoms with Crippen LogP contribution in [0.1, 0.15) is 46.6 Å². The molecule has 3 heterocycles. The summed E-state index contributed by atoms with van der Waals surface area (Å²) in [4.78, 5) is 32.0. The summed E-state index contributed by atoms with van der Waals surface area (Å²) in [5.41, 5.74) is 3.75. The van der Waals surface area contributed by atoms with Crippen LogP contribution in [0.4, 0.5) is 4.39 Å². The number of rotatable bonds is 7. The Morgan fingerprint density at radius 2 is 1.45 bits per heavy atom. The Balaban J connectivity index is 1.29. The molecule has 2 saturated heterocycles. The third kappa shape index (κ3) is 5.89. The van der Waals surface area contributed by atoms with Gasteiger partial charge in [-0.05, 0) is 56.9 Å². The van der Waals surface area contributed by atoms with Gasteiger partial charge in [-0.15, -0.1) is 0 Å². The van der Waals surface area contributed by atoms with E-state index < -0.39 is 0 Å². The number of aromatic nitrogens is 1. The molecule has 0 N–H and O–H groups in total. The van der Waals surface area contributed by atoms with Crippen LogP contribution in [-0.4, -0.2) is 83.3 Å². The van der Waals surface area contributed by atoms with E-state index >= 15 is 0 Å². The van der Waals surface area contributed by atoms with E-state index in [0.717, 1.165) is 74.6 Å². The van der Waals surface area contributed by atoms with Crippen LogP contribution in [0.2, 0.25) is 0 Å². The van der Waals surface area contributed by atoms with Gasteiger partial charge in [0.05, 0.1) is 13.1 Å². The molecule has 6 nitrogen and oxygen atoms in total. The Labute approximate surface area is 196 Å². The van der Waals surface area contributed by atoms with Gasteiger partial charge in [0.15, 0.2) is 5.78 Å². The second kappa shape index (κ2) is 10.6. The molecule has 2 aliphatic rings. The number of ketones is 1. The van der Waals surface area contributed by atoms with E-state index in [-0.39, 0.29) is 17.5 Å². The number of nitrogens with zero attached hydrogens (tertiary/aromatic N) is 4. The quantitative estimate of drug-likeness (QED) is 0.604. The zero-order chi connectivity index (χ0) is 23.4. The number of piperidine rings is 1. The van der Waals surface area contributed by atoms with Crippen molar-refractivity contribution < 1.29 is 14.0 Å². The molecule has 2 aliphatic heterocycles. The number of benzene rings is 1. The average Bonchev–Trinajstić information content (AvgIpc) is 3.10. The number of likely N-dealkylation sites (tertiary alicyclic amines) is 1. The first-order valence-electron chi connectivity index (χ1n) is 12.1. The highest BCUT2D eigenvalue weighted by atomic mass is 19.1. The maximum atomic E-state index is 13.2. The van der Waals surface area contributed by atoms with Gasteiger partial charge < -0.3 is 9.47 Å². The third-order valence-electron chi connectivity index (χ3n) is 7.03. The molecule has 0 unspecified atom stereocenters. The summed E-state index contributed by atoms with van der Waals surface area (Å²) in [7, 11) is 0. The van der Waals surface area contributed by atoms with E-state index in [1.165, 1.54) is 18.6 Å². The van der Waals surface area contributed by atoms with Crippen LogP contribution in [-0.2, 0) is 11.3 Å². The molecular formula is C26H35FN4O2. The SMILES string of the molecule is Cc1cc(C(=O)CN2CCN(CC(=O)N3CCCCC3)CC2)c(C)n1Cc1ccc(F)cc1. The van der Waals surface area contributed by atoms with Gasteiger partial charge in [0, 0.05) is 62.8 Å². The Hall–Kier alpha value is -2.51. The highest BCUT2D eigenvalue weighted by molar-refractivity contribution is 5.99. The van der Waals surface area contributed by atoms with Crippen molar-refractivity contribution in [2.45, 2.75) is 39.7 Å². The lowest BCUT2D eigenvalue weighted by Gasteiger charge is -2.35. The largest absolute Gasteiger partial charge is 0.344 e. The third-order valence-corrected chi connectivity index (χ3v) is 7.03. The van der Waals surface area contributed by atoms with Crippen LogP contribution in [0.3, 0.4) is 0 Å². The van der Waals surface area contributed by atoms with E-state index in [9.17, 15) is 14.0 Å². The van der Waals surface area contributed by atoms with Crippen LogP contribution < -0.4 is 0 Å². The van der Waals surface area contributed by atoms with E-state index in [0.29, 0.717) is 19.6 Å². The van der Waals surface area contributed by atoms with Crippen molar-refractivity contribution in [3.05, 3.63) is 58.7 Å². The molecule has 178 valence electrons. The van der Waals surface area contributed by atoms with Crippen molar-refractivity contribution in [1.82, 2.24) is 19.3 Å². The number of piperazine rings is 1. The first-order chi connectivity index (χ1) is 15.9. The predicted octanol–water partition coefficient (Wildman–Crippen LogP) is 3.11. The van der Waals surface area contributed by atoms with E-state index in [4.69, 9.17) is 0 Å². The second-order valence-corrected chi connectivity index (χ2v) is 9.41. The van der Waals surface area contributed by atoms with E-state index in [1.807, 2.05) is 24.8 Å². The summed E-state index contributed by atoms with van der Waals surface area (Å²) < 4.78 is 15.3. The van der Waals surface area contributed by atoms with Gasteiger partial charge in [-0.25, -0.2) is 4.39 Å². The highest BCUT2D eigenvalue weighted by Crippen LogP contribution is 2.19. The van der Waals surface area contributed by atoms with Gasteiger partial charge in [0.2, 0.25) is 5.91 Å². The van der Waals surface area contributed by atoms with E-state index in [1.54, 1.807) is 12.1 Å². The Morgan fingerprint density at radius 3 is 2.09 bits per heavy atom. The molecule has 1 aromatic carbocycles. The molecule has 2 fully saturated rings. The molecule has 33 heavy (non-hydrogen) atoms. The molecule has 0 bridgehead atoms. The Bertz CT molecular complexity index is 971. The second-order valence-electron chi connectivity index (χ2n) is 9.41. The summed E-state index contributed by atoms with van der Waals surface area (Å²) in [5, 5.41) is 0. The zero-order valence-electron chi connectivity index (χ0n) is 19.9. The molecule has 0 aliphatic carbocycles. The lowest BCUT2D eigenvalue weighted by molar-refractivity contribution is -0.133. The van der Waals surface area contributed by atoms with Crippen LogP contribution >= 0.6 is 0 Å².